The van der Waals surface area contributed by atoms with Crippen molar-refractivity contribution in [2.24, 2.45) is 4.99 Å². The molecule has 2 N–H and O–H groups in total. The summed E-state index contributed by atoms with van der Waals surface area (Å²) in [6, 6.07) is 7.69. The number of methoxy groups -OCH3 is 1. The highest BCUT2D eigenvalue weighted by Gasteiger charge is 2.30. The van der Waals surface area contributed by atoms with Gasteiger partial charge < -0.3 is 20.1 Å². The van der Waals surface area contributed by atoms with E-state index in [1.54, 1.807) is 21.0 Å². The number of hydrogen-bond donors (Lipinski definition) is 2. The summed E-state index contributed by atoms with van der Waals surface area (Å²) in [6.07, 6.45) is 2.09. The van der Waals surface area contributed by atoms with E-state index in [0.717, 1.165) is 17.7 Å². The van der Waals surface area contributed by atoms with Crippen LogP contribution in [0.1, 0.15) is 32.8 Å². The van der Waals surface area contributed by atoms with Gasteiger partial charge in [0, 0.05) is 32.6 Å². The Morgan fingerprint density at radius 3 is 2.41 bits per heavy atom. The van der Waals surface area contributed by atoms with Crippen LogP contribution in [-0.4, -0.2) is 58.8 Å². The summed E-state index contributed by atoms with van der Waals surface area (Å²) in [5, 5.41) is 6.38. The maximum Gasteiger partial charge on any atom is 0.191 e. The minimum Gasteiger partial charge on any atom is -0.497 e. The lowest BCUT2D eigenvalue weighted by atomic mass is 10.2. The number of guanidine groups is 1. The Morgan fingerprint density at radius 2 is 1.85 bits per heavy atom. The first-order valence-electron chi connectivity index (χ1n) is 9.12. The molecule has 0 radical (unpaired) electrons. The molecule has 1 rings (SSSR count). The van der Waals surface area contributed by atoms with Crippen LogP contribution in [0.25, 0.3) is 0 Å². The molecule has 0 spiro atoms. The van der Waals surface area contributed by atoms with Crippen molar-refractivity contribution in [1.82, 2.24) is 10.6 Å². The fourth-order valence-corrected chi connectivity index (χ4v) is 2.36. The van der Waals surface area contributed by atoms with E-state index in [9.17, 15) is 8.42 Å². The first kappa shape index (κ1) is 23.2. The lowest BCUT2D eigenvalue weighted by Crippen LogP contribution is -2.48. The fourth-order valence-electron chi connectivity index (χ4n) is 2.03. The molecule has 7 nitrogen and oxygen atoms in total. The van der Waals surface area contributed by atoms with Gasteiger partial charge in [0.25, 0.3) is 0 Å². The Bertz CT molecular complexity index is 685. The minimum atomic E-state index is -3.18. The van der Waals surface area contributed by atoms with Crippen molar-refractivity contribution in [2.45, 2.75) is 38.5 Å². The second kappa shape index (κ2) is 11.1. The highest BCUT2D eigenvalue weighted by Crippen LogP contribution is 2.14. The van der Waals surface area contributed by atoms with E-state index in [2.05, 4.69) is 15.6 Å². The molecule has 8 heteroatoms. The molecule has 0 unspecified atom stereocenters. The molecule has 0 aromatic heterocycles. The zero-order valence-corrected chi connectivity index (χ0v) is 17.9. The Labute approximate surface area is 163 Å². The van der Waals surface area contributed by atoms with Crippen molar-refractivity contribution in [1.29, 1.82) is 0 Å². The molecule has 0 fully saturated rings. The molecule has 0 saturated heterocycles. The van der Waals surface area contributed by atoms with Gasteiger partial charge in [-0.2, -0.15) is 0 Å². The summed E-state index contributed by atoms with van der Waals surface area (Å²) in [4.78, 5) is 4.57. The van der Waals surface area contributed by atoms with Gasteiger partial charge in [-0.15, -0.1) is 0 Å². The molecule has 1 aromatic rings. The standard InChI is InChI=1S/C19H33N3O4S/c1-6-26-13-7-12-20-18(22-15-19(2,3)27(5,23)24)21-14-16-8-10-17(25-4)11-9-16/h8-11H,6-7,12-15H2,1-5H3,(H2,20,21,22). The Hall–Kier alpha value is -1.80. The van der Waals surface area contributed by atoms with Crippen molar-refractivity contribution in [2.75, 3.05) is 39.7 Å². The van der Waals surface area contributed by atoms with Crippen LogP contribution in [0.4, 0.5) is 0 Å². The predicted octanol–water partition coefficient (Wildman–Crippen LogP) is 1.98. The van der Waals surface area contributed by atoms with Crippen LogP contribution in [0.2, 0.25) is 0 Å². The smallest absolute Gasteiger partial charge is 0.191 e. The van der Waals surface area contributed by atoms with Crippen LogP contribution in [-0.2, 0) is 21.1 Å². The summed E-state index contributed by atoms with van der Waals surface area (Å²) in [5.41, 5.74) is 1.04. The highest BCUT2D eigenvalue weighted by molar-refractivity contribution is 7.92. The van der Waals surface area contributed by atoms with Gasteiger partial charge in [-0.05, 0) is 44.9 Å². The molecular formula is C19H33N3O4S. The summed E-state index contributed by atoms with van der Waals surface area (Å²) in [7, 11) is -1.55. The van der Waals surface area contributed by atoms with Crippen molar-refractivity contribution in [3.05, 3.63) is 29.8 Å². The van der Waals surface area contributed by atoms with Crippen LogP contribution >= 0.6 is 0 Å². The second-order valence-corrected chi connectivity index (χ2v) is 9.53. The van der Waals surface area contributed by atoms with Gasteiger partial charge in [0.15, 0.2) is 15.8 Å². The maximum absolute atomic E-state index is 11.9. The summed E-state index contributed by atoms with van der Waals surface area (Å²) >= 11 is 0. The topological polar surface area (TPSA) is 89.0 Å². The van der Waals surface area contributed by atoms with Crippen molar-refractivity contribution in [3.63, 3.8) is 0 Å². The number of ether oxygens (including phenoxy) is 2. The molecule has 0 saturated carbocycles. The summed E-state index contributed by atoms with van der Waals surface area (Å²) < 4.78 is 33.4. The number of nitrogens with one attached hydrogen (secondary N) is 2. The Morgan fingerprint density at radius 1 is 1.19 bits per heavy atom. The molecule has 1 aromatic carbocycles. The lowest BCUT2D eigenvalue weighted by molar-refractivity contribution is 0.145. The Balaban J connectivity index is 2.73. The SMILES string of the molecule is CCOCCCNC(=NCc1ccc(OC)cc1)NCC(C)(C)S(C)(=O)=O. The van der Waals surface area contributed by atoms with Gasteiger partial charge in [0.2, 0.25) is 0 Å². The first-order valence-corrected chi connectivity index (χ1v) is 11.0. The lowest BCUT2D eigenvalue weighted by Gasteiger charge is -2.24. The zero-order valence-electron chi connectivity index (χ0n) is 17.0. The monoisotopic (exact) mass is 399 g/mol. The molecule has 0 heterocycles. The third-order valence-corrected chi connectivity index (χ3v) is 6.38. The van der Waals surface area contributed by atoms with E-state index in [1.165, 1.54) is 6.26 Å². The molecular weight excluding hydrogens is 366 g/mol. The number of hydrogen-bond acceptors (Lipinski definition) is 5. The van der Waals surface area contributed by atoms with E-state index in [1.807, 2.05) is 31.2 Å². The molecule has 0 aliphatic carbocycles. The third-order valence-electron chi connectivity index (χ3n) is 4.23. The van der Waals surface area contributed by atoms with Gasteiger partial charge in [-0.3, -0.25) is 0 Å². The quantitative estimate of drug-likeness (QED) is 0.336. The van der Waals surface area contributed by atoms with Gasteiger partial charge in [-0.1, -0.05) is 12.1 Å². The number of sulfone groups is 1. The van der Waals surface area contributed by atoms with E-state index in [0.29, 0.717) is 32.3 Å². The highest BCUT2D eigenvalue weighted by atomic mass is 32.2. The third kappa shape index (κ3) is 8.62. The number of benzene rings is 1. The van der Waals surface area contributed by atoms with Crippen LogP contribution in [0.15, 0.2) is 29.3 Å². The van der Waals surface area contributed by atoms with Crippen LogP contribution < -0.4 is 15.4 Å². The maximum atomic E-state index is 11.9. The van der Waals surface area contributed by atoms with E-state index in [-0.39, 0.29) is 6.54 Å². The van der Waals surface area contributed by atoms with Gasteiger partial charge in [-0.25, -0.2) is 13.4 Å². The van der Waals surface area contributed by atoms with Crippen molar-refractivity contribution < 1.29 is 17.9 Å². The average Bonchev–Trinajstić information content (AvgIpc) is 2.62. The zero-order chi connectivity index (χ0) is 20.3. The largest absolute Gasteiger partial charge is 0.497 e. The van der Waals surface area contributed by atoms with Gasteiger partial charge >= 0.3 is 0 Å². The Kier molecular flexibility index (Phi) is 9.59. The van der Waals surface area contributed by atoms with Gasteiger partial charge in [0.05, 0.1) is 18.4 Å². The summed E-state index contributed by atoms with van der Waals surface area (Å²) in [5.74, 6) is 1.38. The second-order valence-electron chi connectivity index (χ2n) is 6.88. The number of rotatable bonds is 11. The van der Waals surface area contributed by atoms with Gasteiger partial charge in [0.1, 0.15) is 5.75 Å². The summed E-state index contributed by atoms with van der Waals surface area (Å²) in [6.45, 7) is 8.16. The molecule has 154 valence electrons. The van der Waals surface area contributed by atoms with Crippen molar-refractivity contribution in [3.8, 4) is 5.75 Å². The predicted molar refractivity (Wildman–Crippen MR) is 110 cm³/mol. The van der Waals surface area contributed by atoms with Crippen LogP contribution in [0, 0.1) is 0 Å². The van der Waals surface area contributed by atoms with E-state index < -0.39 is 14.6 Å². The fraction of sp³-hybridized carbons (Fsp3) is 0.632. The molecule has 0 aliphatic rings. The van der Waals surface area contributed by atoms with E-state index in [4.69, 9.17) is 9.47 Å². The molecule has 27 heavy (non-hydrogen) atoms. The first-order chi connectivity index (χ1) is 12.7. The van der Waals surface area contributed by atoms with Crippen LogP contribution in [0.3, 0.4) is 0 Å². The molecule has 0 amide bonds. The molecule has 0 aliphatic heterocycles. The number of aliphatic imine (C=N–C) groups is 1. The molecule has 0 atom stereocenters. The average molecular weight is 400 g/mol. The number of nitrogens with zero attached hydrogens (tertiary/aromatic N) is 1. The van der Waals surface area contributed by atoms with E-state index >= 15 is 0 Å². The molecule has 0 bridgehead atoms. The normalized spacial score (nSPS) is 12.7. The van der Waals surface area contributed by atoms with Crippen molar-refractivity contribution >= 4 is 15.8 Å². The van der Waals surface area contributed by atoms with Crippen LogP contribution in [0.5, 0.6) is 5.75 Å². The minimum absolute atomic E-state index is 0.270.